The van der Waals surface area contributed by atoms with Crippen molar-refractivity contribution < 1.29 is 0 Å². The molecule has 1 spiro atoms. The molecule has 0 amide bonds. The van der Waals surface area contributed by atoms with Crippen molar-refractivity contribution in [2.24, 2.45) is 15.4 Å². The van der Waals surface area contributed by atoms with E-state index in [1.165, 1.54) is 46.9 Å². The number of pyridine rings is 1. The summed E-state index contributed by atoms with van der Waals surface area (Å²) in [6, 6.07) is 19.6. The lowest BCUT2D eigenvalue weighted by atomic mass is 9.76. The van der Waals surface area contributed by atoms with Crippen molar-refractivity contribution >= 4 is 40.9 Å². The number of piperidine rings is 1. The lowest BCUT2D eigenvalue weighted by molar-refractivity contribution is 0.158. The van der Waals surface area contributed by atoms with Crippen LogP contribution in [-0.4, -0.2) is 46.6 Å². The SMILES string of the molecule is CN1C2=CC=C(Sc3ccnc(N)c3Cl)/C1=N/C=C/C(N1CCC3(CC1)Cc1ccc(-c4ccccc4)cc1C3)=N\2. The highest BCUT2D eigenvalue weighted by Crippen LogP contribution is 2.46. The van der Waals surface area contributed by atoms with Gasteiger partial charge < -0.3 is 15.5 Å². The molecule has 0 atom stereocenters. The first-order valence-corrected chi connectivity index (χ1v) is 15.2. The van der Waals surface area contributed by atoms with Crippen molar-refractivity contribution in [1.29, 1.82) is 0 Å². The zero-order chi connectivity index (χ0) is 28.0. The maximum Gasteiger partial charge on any atom is 0.147 e. The second-order valence-corrected chi connectivity index (χ2v) is 12.6. The van der Waals surface area contributed by atoms with E-state index >= 15 is 0 Å². The quantitative estimate of drug-likeness (QED) is 0.364. The van der Waals surface area contributed by atoms with Crippen LogP contribution in [0.2, 0.25) is 5.02 Å². The minimum absolute atomic E-state index is 0.327. The van der Waals surface area contributed by atoms with Crippen molar-refractivity contribution in [3.63, 3.8) is 0 Å². The Morgan fingerprint density at radius 1 is 0.951 bits per heavy atom. The molecule has 7 rings (SSSR count). The van der Waals surface area contributed by atoms with Gasteiger partial charge in [0, 0.05) is 37.4 Å². The highest BCUT2D eigenvalue weighted by molar-refractivity contribution is 8.04. The van der Waals surface area contributed by atoms with E-state index in [1.807, 2.05) is 36.4 Å². The van der Waals surface area contributed by atoms with Gasteiger partial charge in [-0.2, -0.15) is 0 Å². The molecule has 41 heavy (non-hydrogen) atoms. The summed E-state index contributed by atoms with van der Waals surface area (Å²) in [6.45, 7) is 1.99. The number of likely N-dealkylation sites (tertiary alicyclic amines) is 1. The lowest BCUT2D eigenvalue weighted by Crippen LogP contribution is -2.43. The van der Waals surface area contributed by atoms with Gasteiger partial charge in [0.05, 0.1) is 9.93 Å². The number of nitrogens with zero attached hydrogens (tertiary/aromatic N) is 5. The number of benzene rings is 2. The van der Waals surface area contributed by atoms with Crippen LogP contribution in [0.3, 0.4) is 0 Å². The highest BCUT2D eigenvalue weighted by atomic mass is 35.5. The zero-order valence-corrected chi connectivity index (χ0v) is 24.5. The first-order valence-electron chi connectivity index (χ1n) is 14.0. The molecule has 2 aromatic carbocycles. The molecule has 0 saturated carbocycles. The molecular weight excluding hydrogens is 548 g/mol. The number of likely N-dealkylation sites (N-methyl/N-ethyl adjacent to an activating group) is 1. The lowest BCUT2D eigenvalue weighted by Gasteiger charge is -2.40. The molecule has 0 unspecified atom stereocenters. The molecule has 1 aromatic heterocycles. The molecule has 1 saturated heterocycles. The summed E-state index contributed by atoms with van der Waals surface area (Å²) in [5, 5.41) is 0.461. The van der Waals surface area contributed by atoms with Gasteiger partial charge in [-0.3, -0.25) is 0 Å². The van der Waals surface area contributed by atoms with Gasteiger partial charge in [-0.1, -0.05) is 71.9 Å². The molecule has 206 valence electrons. The number of amidine groups is 2. The number of fused-ring (bicyclic) bond motifs is 3. The molecule has 2 N–H and O–H groups in total. The Labute approximate surface area is 250 Å². The van der Waals surface area contributed by atoms with Crippen LogP contribution in [0.1, 0.15) is 24.0 Å². The van der Waals surface area contributed by atoms with Crippen molar-refractivity contribution in [3.8, 4) is 11.1 Å². The van der Waals surface area contributed by atoms with E-state index in [2.05, 4.69) is 64.5 Å². The Morgan fingerprint density at radius 3 is 2.59 bits per heavy atom. The molecule has 8 heteroatoms. The van der Waals surface area contributed by atoms with Crippen molar-refractivity contribution in [3.05, 3.63) is 112 Å². The molecule has 1 aliphatic carbocycles. The summed E-state index contributed by atoms with van der Waals surface area (Å²) in [5.41, 5.74) is 11.9. The van der Waals surface area contributed by atoms with Crippen LogP contribution in [0.25, 0.3) is 11.1 Å². The van der Waals surface area contributed by atoms with Crippen molar-refractivity contribution in [2.45, 2.75) is 30.6 Å². The number of anilines is 1. The van der Waals surface area contributed by atoms with E-state index in [9.17, 15) is 0 Å². The number of hydrogen-bond donors (Lipinski definition) is 1. The summed E-state index contributed by atoms with van der Waals surface area (Å²) in [4.78, 5) is 20.3. The van der Waals surface area contributed by atoms with Gasteiger partial charge in [-0.15, -0.1) is 0 Å². The predicted molar refractivity (Wildman–Crippen MR) is 170 cm³/mol. The Bertz CT molecular complexity index is 1660. The fourth-order valence-corrected chi connectivity index (χ4v) is 7.51. The largest absolute Gasteiger partial charge is 0.382 e. The monoisotopic (exact) mass is 578 g/mol. The average Bonchev–Trinajstić information content (AvgIpc) is 3.34. The van der Waals surface area contributed by atoms with Gasteiger partial charge in [0.1, 0.15) is 23.3 Å². The third-order valence-corrected chi connectivity index (χ3v) is 10.2. The number of nitrogens with two attached hydrogens (primary N) is 1. The maximum absolute atomic E-state index is 6.40. The van der Waals surface area contributed by atoms with Gasteiger partial charge in [0.25, 0.3) is 0 Å². The van der Waals surface area contributed by atoms with Crippen molar-refractivity contribution in [2.75, 3.05) is 25.9 Å². The highest BCUT2D eigenvalue weighted by Gasteiger charge is 2.40. The standard InChI is InChI=1S/C33H31ClN6S/c1-39-28-10-9-27(41-26-11-15-36-31(35)30(26)34)32(39)37-16-12-29(38-28)40-17-13-33(14-18-40)20-24-8-7-23(19-25(24)21-33)22-5-3-2-4-6-22/h2-12,15-16,19H,13-14,17-18,20-21H2,1H3,(H2,35,36)/b16-12+,29-12?,37-16?,37-32-,38-28?,38-29+. The fraction of sp³-hybridized carbons (Fsp3) is 0.242. The van der Waals surface area contributed by atoms with Gasteiger partial charge in [-0.25, -0.2) is 15.0 Å². The van der Waals surface area contributed by atoms with Crippen LogP contribution in [0.4, 0.5) is 5.82 Å². The van der Waals surface area contributed by atoms with E-state index < -0.39 is 0 Å². The molecule has 6 nitrogen and oxygen atoms in total. The topological polar surface area (TPSA) is 70.1 Å². The molecule has 3 aliphatic heterocycles. The molecule has 1 fully saturated rings. The molecule has 4 aliphatic rings. The smallest absolute Gasteiger partial charge is 0.147 e. The Kier molecular flexibility index (Phi) is 6.72. The molecule has 0 radical (unpaired) electrons. The van der Waals surface area contributed by atoms with Crippen LogP contribution < -0.4 is 5.73 Å². The molecular formula is C33H31ClN6S. The van der Waals surface area contributed by atoms with Gasteiger partial charge in [0.15, 0.2) is 0 Å². The third-order valence-electron chi connectivity index (χ3n) is 8.61. The number of nitrogen functional groups attached to an aromatic ring is 1. The predicted octanol–water partition coefficient (Wildman–Crippen LogP) is 6.95. The van der Waals surface area contributed by atoms with Crippen LogP contribution in [0.5, 0.6) is 0 Å². The normalized spacial score (nSPS) is 22.5. The van der Waals surface area contributed by atoms with Crippen LogP contribution >= 0.6 is 23.4 Å². The number of allylic oxidation sites excluding steroid dienone is 2. The number of aliphatic imine (C=N–C) groups is 2. The summed E-state index contributed by atoms with van der Waals surface area (Å²) in [5.74, 6) is 2.99. The van der Waals surface area contributed by atoms with E-state index in [0.717, 1.165) is 53.2 Å². The minimum atomic E-state index is 0.327. The maximum atomic E-state index is 6.40. The Balaban J connectivity index is 1.06. The van der Waals surface area contributed by atoms with E-state index in [4.69, 9.17) is 27.3 Å². The summed E-state index contributed by atoms with van der Waals surface area (Å²) in [6.07, 6.45) is 14.3. The molecule has 3 aromatic rings. The van der Waals surface area contributed by atoms with Crippen LogP contribution in [-0.2, 0) is 12.8 Å². The zero-order valence-electron chi connectivity index (χ0n) is 22.9. The fourth-order valence-electron chi connectivity index (χ4n) is 6.30. The van der Waals surface area contributed by atoms with E-state index in [0.29, 0.717) is 16.3 Å². The van der Waals surface area contributed by atoms with E-state index in [-0.39, 0.29) is 0 Å². The summed E-state index contributed by atoms with van der Waals surface area (Å²) < 4.78 is 0. The van der Waals surface area contributed by atoms with Crippen molar-refractivity contribution in [1.82, 2.24) is 14.8 Å². The average molecular weight is 579 g/mol. The van der Waals surface area contributed by atoms with Gasteiger partial charge >= 0.3 is 0 Å². The number of rotatable bonds is 3. The summed E-state index contributed by atoms with van der Waals surface area (Å²) >= 11 is 7.93. The number of thioether (sulfide) groups is 1. The third kappa shape index (κ3) is 4.98. The molecule has 2 bridgehead atoms. The Morgan fingerprint density at radius 2 is 1.76 bits per heavy atom. The van der Waals surface area contributed by atoms with Gasteiger partial charge in [0.2, 0.25) is 0 Å². The molecule has 4 heterocycles. The number of aromatic nitrogens is 1. The minimum Gasteiger partial charge on any atom is -0.382 e. The van der Waals surface area contributed by atoms with Crippen LogP contribution in [0, 0.1) is 5.41 Å². The first kappa shape index (κ1) is 26.1. The van der Waals surface area contributed by atoms with Crippen LogP contribution in [0.15, 0.2) is 111 Å². The van der Waals surface area contributed by atoms with E-state index in [1.54, 1.807) is 6.20 Å². The Hall–Kier alpha value is -3.81. The number of hydrogen-bond acceptors (Lipinski definition) is 7. The second kappa shape index (κ2) is 10.5. The summed E-state index contributed by atoms with van der Waals surface area (Å²) in [7, 11) is 2.01. The van der Waals surface area contributed by atoms with Gasteiger partial charge in [-0.05, 0) is 77.6 Å². The number of halogens is 1. The second-order valence-electron chi connectivity index (χ2n) is 11.2. The first-order chi connectivity index (χ1) is 20.0.